The highest BCUT2D eigenvalue weighted by atomic mass is 79.9. The largest absolute Gasteiger partial charge is 0.361 e. The Hall–Kier alpha value is -2.60. The Morgan fingerprint density at radius 2 is 1.77 bits per heavy atom. The van der Waals surface area contributed by atoms with E-state index in [-0.39, 0.29) is 11.8 Å². The Morgan fingerprint density at radius 1 is 0.955 bits per heavy atom. The zero-order valence-electron chi connectivity index (χ0n) is 11.2. The van der Waals surface area contributed by atoms with E-state index in [9.17, 15) is 9.59 Å². The van der Waals surface area contributed by atoms with Gasteiger partial charge in [0.25, 0.3) is 11.8 Å². The summed E-state index contributed by atoms with van der Waals surface area (Å²) in [6.07, 6.45) is 3.48. The Labute approximate surface area is 133 Å². The molecule has 22 heavy (non-hydrogen) atoms. The summed E-state index contributed by atoms with van der Waals surface area (Å²) in [7, 11) is 0. The second-order valence-corrected chi connectivity index (χ2v) is 5.92. The van der Waals surface area contributed by atoms with Gasteiger partial charge in [0.1, 0.15) is 0 Å². The van der Waals surface area contributed by atoms with Crippen LogP contribution in [0.1, 0.15) is 11.3 Å². The van der Waals surface area contributed by atoms with Crippen LogP contribution in [0.15, 0.2) is 47.2 Å². The lowest BCUT2D eigenvalue weighted by atomic mass is 9.99. The maximum absolute atomic E-state index is 12.3. The topological polar surface area (TPSA) is 77.8 Å². The summed E-state index contributed by atoms with van der Waals surface area (Å²) in [4.78, 5) is 30.6. The maximum atomic E-state index is 12.3. The Balaban J connectivity index is 2.04. The summed E-state index contributed by atoms with van der Waals surface area (Å²) in [5.74, 6) is -0.762. The lowest BCUT2D eigenvalue weighted by Crippen LogP contribution is -2.22. The molecular weight excluding hydrogens is 346 g/mol. The van der Waals surface area contributed by atoms with Gasteiger partial charge in [-0.25, -0.2) is 0 Å². The number of H-pyrrole nitrogens is 2. The predicted octanol–water partition coefficient (Wildman–Crippen LogP) is 2.83. The number of hydrogen-bond acceptors (Lipinski definition) is 2. The van der Waals surface area contributed by atoms with Crippen LogP contribution < -0.4 is 5.32 Å². The number of amides is 2. The number of fused-ring (bicyclic) bond motifs is 1. The molecule has 2 aromatic heterocycles. The highest BCUT2D eigenvalue weighted by Crippen LogP contribution is 2.35. The van der Waals surface area contributed by atoms with Crippen molar-refractivity contribution in [3.8, 4) is 0 Å². The fourth-order valence-corrected chi connectivity index (χ4v) is 3.12. The summed E-state index contributed by atoms with van der Waals surface area (Å²) in [5, 5.41) is 3.26. The quantitative estimate of drug-likeness (QED) is 0.618. The van der Waals surface area contributed by atoms with Crippen LogP contribution in [0.25, 0.3) is 22.0 Å². The van der Waals surface area contributed by atoms with Crippen molar-refractivity contribution in [2.24, 2.45) is 0 Å². The van der Waals surface area contributed by atoms with Crippen LogP contribution in [0.4, 0.5) is 0 Å². The zero-order valence-corrected chi connectivity index (χ0v) is 12.8. The van der Waals surface area contributed by atoms with Crippen molar-refractivity contribution >= 4 is 49.8 Å². The molecule has 0 saturated carbocycles. The van der Waals surface area contributed by atoms with E-state index in [0.717, 1.165) is 15.4 Å². The van der Waals surface area contributed by atoms with Crippen molar-refractivity contribution in [3.63, 3.8) is 0 Å². The zero-order chi connectivity index (χ0) is 15.3. The van der Waals surface area contributed by atoms with E-state index < -0.39 is 0 Å². The number of halogens is 1. The normalized spacial score (nSPS) is 15.0. The summed E-state index contributed by atoms with van der Waals surface area (Å²) in [5.41, 5.74) is 3.00. The molecule has 6 heteroatoms. The van der Waals surface area contributed by atoms with Gasteiger partial charge in [-0.05, 0) is 30.3 Å². The Morgan fingerprint density at radius 3 is 2.55 bits per heavy atom. The van der Waals surface area contributed by atoms with Crippen molar-refractivity contribution < 1.29 is 9.59 Å². The molecule has 0 radical (unpaired) electrons. The average Bonchev–Trinajstić information content (AvgIpc) is 3.17. The minimum atomic E-state index is -0.383. The molecule has 0 spiro atoms. The molecule has 1 aliphatic heterocycles. The predicted molar refractivity (Wildman–Crippen MR) is 86.8 cm³/mol. The molecule has 5 nitrogen and oxygen atoms in total. The number of aromatic nitrogens is 2. The van der Waals surface area contributed by atoms with E-state index in [4.69, 9.17) is 0 Å². The smallest absolute Gasteiger partial charge is 0.261 e. The monoisotopic (exact) mass is 355 g/mol. The molecule has 0 unspecified atom stereocenters. The van der Waals surface area contributed by atoms with Gasteiger partial charge in [-0.15, -0.1) is 0 Å². The summed E-state index contributed by atoms with van der Waals surface area (Å²) < 4.78 is 0.910. The van der Waals surface area contributed by atoms with Gasteiger partial charge in [0.15, 0.2) is 0 Å². The maximum Gasteiger partial charge on any atom is 0.261 e. The summed E-state index contributed by atoms with van der Waals surface area (Å²) >= 11 is 3.44. The third kappa shape index (κ3) is 1.84. The van der Waals surface area contributed by atoms with Crippen molar-refractivity contribution in [1.82, 2.24) is 15.3 Å². The number of nitrogens with one attached hydrogen (secondary N) is 3. The van der Waals surface area contributed by atoms with Gasteiger partial charge in [-0.3, -0.25) is 14.9 Å². The molecule has 0 fully saturated rings. The molecular formula is C16H10BrN3O2. The molecule has 4 rings (SSSR count). The van der Waals surface area contributed by atoms with Crippen LogP contribution in [-0.2, 0) is 9.59 Å². The Kier molecular flexibility index (Phi) is 2.80. The fourth-order valence-electron chi connectivity index (χ4n) is 2.75. The van der Waals surface area contributed by atoms with Crippen LogP contribution in [0.2, 0.25) is 0 Å². The van der Waals surface area contributed by atoms with E-state index >= 15 is 0 Å². The van der Waals surface area contributed by atoms with E-state index in [1.54, 1.807) is 24.5 Å². The third-order valence-corrected chi connectivity index (χ3v) is 4.20. The molecule has 0 aliphatic carbocycles. The van der Waals surface area contributed by atoms with Crippen LogP contribution in [0.5, 0.6) is 0 Å². The fraction of sp³-hybridized carbons (Fsp3) is 0. The SMILES string of the molecule is O=C1NC(=O)C(c2c[nH]c3ccc(Br)cc23)=C1c1ccc[nH]1. The van der Waals surface area contributed by atoms with E-state index in [1.807, 2.05) is 18.2 Å². The van der Waals surface area contributed by atoms with Crippen LogP contribution in [0.3, 0.4) is 0 Å². The van der Waals surface area contributed by atoms with Gasteiger partial charge in [-0.2, -0.15) is 0 Å². The molecule has 1 aromatic carbocycles. The first-order valence-corrected chi connectivity index (χ1v) is 7.45. The van der Waals surface area contributed by atoms with Crippen molar-refractivity contribution in [2.45, 2.75) is 0 Å². The van der Waals surface area contributed by atoms with Crippen molar-refractivity contribution in [1.29, 1.82) is 0 Å². The van der Waals surface area contributed by atoms with E-state index in [1.165, 1.54) is 0 Å². The number of aromatic amines is 2. The number of hydrogen-bond donors (Lipinski definition) is 3. The average molecular weight is 356 g/mol. The number of imide groups is 1. The molecule has 3 aromatic rings. The molecule has 3 heterocycles. The van der Waals surface area contributed by atoms with Crippen molar-refractivity contribution in [2.75, 3.05) is 0 Å². The third-order valence-electron chi connectivity index (χ3n) is 3.71. The number of carbonyl (C=O) groups excluding carboxylic acids is 2. The summed E-state index contributed by atoms with van der Waals surface area (Å²) in [6, 6.07) is 9.34. The van der Waals surface area contributed by atoms with Crippen LogP contribution >= 0.6 is 15.9 Å². The molecule has 108 valence electrons. The molecule has 0 atom stereocenters. The van der Waals surface area contributed by atoms with Crippen LogP contribution in [0, 0.1) is 0 Å². The molecule has 2 amide bonds. The first-order chi connectivity index (χ1) is 10.6. The first kappa shape index (κ1) is 13.1. The minimum absolute atomic E-state index is 0.371. The van der Waals surface area contributed by atoms with Gasteiger partial charge in [0.2, 0.25) is 0 Å². The molecule has 3 N–H and O–H groups in total. The number of carbonyl (C=O) groups is 2. The Bertz CT molecular complexity index is 951. The van der Waals surface area contributed by atoms with Gasteiger partial charge in [0.05, 0.1) is 16.8 Å². The minimum Gasteiger partial charge on any atom is -0.361 e. The highest BCUT2D eigenvalue weighted by Gasteiger charge is 2.33. The highest BCUT2D eigenvalue weighted by molar-refractivity contribution is 9.10. The number of benzene rings is 1. The van der Waals surface area contributed by atoms with Gasteiger partial charge < -0.3 is 9.97 Å². The second kappa shape index (κ2) is 4.71. The molecule has 1 aliphatic rings. The standard InChI is InChI=1S/C16H10BrN3O2/c17-8-3-4-11-9(6-8)10(7-19-11)13-14(12-2-1-5-18-12)16(22)20-15(13)21/h1-7,18-19H,(H,20,21,22). The van der Waals surface area contributed by atoms with Gasteiger partial charge >= 0.3 is 0 Å². The summed E-state index contributed by atoms with van der Waals surface area (Å²) in [6.45, 7) is 0. The first-order valence-electron chi connectivity index (χ1n) is 6.66. The van der Waals surface area contributed by atoms with Gasteiger partial charge in [-0.1, -0.05) is 15.9 Å². The number of rotatable bonds is 2. The van der Waals surface area contributed by atoms with E-state index in [0.29, 0.717) is 22.4 Å². The van der Waals surface area contributed by atoms with Gasteiger partial charge in [0, 0.05) is 33.3 Å². The van der Waals surface area contributed by atoms with Crippen LogP contribution in [-0.4, -0.2) is 21.8 Å². The molecule has 0 bridgehead atoms. The lowest BCUT2D eigenvalue weighted by Gasteiger charge is -2.02. The van der Waals surface area contributed by atoms with E-state index in [2.05, 4.69) is 31.2 Å². The second-order valence-electron chi connectivity index (χ2n) is 5.01. The van der Waals surface area contributed by atoms with Crippen molar-refractivity contribution in [3.05, 3.63) is 58.5 Å². The molecule has 0 saturated heterocycles. The lowest BCUT2D eigenvalue weighted by molar-refractivity contribution is -0.122.